The molecule has 0 amide bonds. The van der Waals surface area contributed by atoms with Gasteiger partial charge in [0.05, 0.1) is 12.7 Å². The van der Waals surface area contributed by atoms with E-state index in [1.165, 1.54) is 71.0 Å². The van der Waals surface area contributed by atoms with Gasteiger partial charge in [0.1, 0.15) is 0 Å². The van der Waals surface area contributed by atoms with Gasteiger partial charge in [-0.2, -0.15) is 0 Å². The van der Waals surface area contributed by atoms with Crippen molar-refractivity contribution < 1.29 is 4.74 Å². The molecule has 24 heavy (non-hydrogen) atoms. The number of nitrogens with one attached hydrogen (secondary N) is 2. The zero-order valence-electron chi connectivity index (χ0n) is 15.9. The minimum Gasteiger partial charge on any atom is -0.376 e. The molecule has 1 unspecified atom stereocenters. The standard InChI is InChI=1S/C19H38N4O/c1-3-12-23-13-10-17(16-23)15-22-19(20-2)21-11-14-24-18-8-6-4-5-7-9-18/h17-18H,3-16H2,1-2H3,(H2,20,21,22). The van der Waals surface area contributed by atoms with Crippen LogP contribution in [0.2, 0.25) is 0 Å². The van der Waals surface area contributed by atoms with Crippen molar-refractivity contribution in [2.45, 2.75) is 64.4 Å². The van der Waals surface area contributed by atoms with Gasteiger partial charge >= 0.3 is 0 Å². The Labute approximate surface area is 148 Å². The Balaban J connectivity index is 1.54. The number of guanidine groups is 1. The third-order valence-corrected chi connectivity index (χ3v) is 5.24. The summed E-state index contributed by atoms with van der Waals surface area (Å²) in [7, 11) is 1.85. The Morgan fingerprint density at radius 1 is 1.12 bits per heavy atom. The maximum absolute atomic E-state index is 6.02. The summed E-state index contributed by atoms with van der Waals surface area (Å²) in [6.45, 7) is 8.60. The van der Waals surface area contributed by atoms with Gasteiger partial charge in [0, 0.05) is 26.7 Å². The first kappa shape index (κ1) is 19.5. The first-order valence-electron chi connectivity index (χ1n) is 10.1. The average molecular weight is 339 g/mol. The largest absolute Gasteiger partial charge is 0.376 e. The van der Waals surface area contributed by atoms with Crippen molar-refractivity contribution in [1.82, 2.24) is 15.5 Å². The van der Waals surface area contributed by atoms with Crippen molar-refractivity contribution in [2.75, 3.05) is 46.4 Å². The van der Waals surface area contributed by atoms with Gasteiger partial charge in [-0.15, -0.1) is 0 Å². The summed E-state index contributed by atoms with van der Waals surface area (Å²) in [6.07, 6.45) is 10.9. The van der Waals surface area contributed by atoms with Gasteiger partial charge in [0.2, 0.25) is 0 Å². The molecule has 1 saturated carbocycles. The van der Waals surface area contributed by atoms with Crippen molar-refractivity contribution in [2.24, 2.45) is 10.9 Å². The molecule has 5 nitrogen and oxygen atoms in total. The summed E-state index contributed by atoms with van der Waals surface area (Å²) >= 11 is 0. The number of aliphatic imine (C=N–C) groups is 1. The second kappa shape index (κ2) is 11.7. The molecular formula is C19H38N4O. The number of nitrogens with zero attached hydrogens (tertiary/aromatic N) is 2. The van der Waals surface area contributed by atoms with Gasteiger partial charge in [-0.05, 0) is 44.7 Å². The minimum atomic E-state index is 0.479. The molecule has 0 aromatic heterocycles. The third-order valence-electron chi connectivity index (χ3n) is 5.24. The molecular weight excluding hydrogens is 300 g/mol. The summed E-state index contributed by atoms with van der Waals surface area (Å²) in [6, 6.07) is 0. The monoisotopic (exact) mass is 338 g/mol. The van der Waals surface area contributed by atoms with Crippen LogP contribution in [-0.4, -0.2) is 63.3 Å². The highest BCUT2D eigenvalue weighted by Gasteiger charge is 2.21. The van der Waals surface area contributed by atoms with E-state index in [1.54, 1.807) is 0 Å². The lowest BCUT2D eigenvalue weighted by Gasteiger charge is -2.18. The van der Waals surface area contributed by atoms with E-state index >= 15 is 0 Å². The fraction of sp³-hybridized carbons (Fsp3) is 0.947. The van der Waals surface area contributed by atoms with Crippen molar-refractivity contribution in [3.8, 4) is 0 Å². The van der Waals surface area contributed by atoms with E-state index in [-0.39, 0.29) is 0 Å². The van der Waals surface area contributed by atoms with Crippen molar-refractivity contribution in [3.05, 3.63) is 0 Å². The van der Waals surface area contributed by atoms with E-state index < -0.39 is 0 Å². The van der Waals surface area contributed by atoms with Crippen LogP contribution in [0.25, 0.3) is 0 Å². The molecule has 1 aliphatic heterocycles. The van der Waals surface area contributed by atoms with E-state index in [4.69, 9.17) is 4.74 Å². The molecule has 2 N–H and O–H groups in total. The van der Waals surface area contributed by atoms with E-state index in [9.17, 15) is 0 Å². The van der Waals surface area contributed by atoms with E-state index in [1.807, 2.05) is 7.05 Å². The molecule has 1 atom stereocenters. The Kier molecular flexibility index (Phi) is 9.51. The molecule has 0 radical (unpaired) electrons. The highest BCUT2D eigenvalue weighted by molar-refractivity contribution is 5.79. The van der Waals surface area contributed by atoms with Gasteiger partial charge in [-0.25, -0.2) is 0 Å². The summed E-state index contributed by atoms with van der Waals surface area (Å²) in [4.78, 5) is 6.90. The highest BCUT2D eigenvalue weighted by atomic mass is 16.5. The third kappa shape index (κ3) is 7.39. The predicted octanol–water partition coefficient (Wildman–Crippen LogP) is 2.62. The maximum Gasteiger partial charge on any atom is 0.191 e. The summed E-state index contributed by atoms with van der Waals surface area (Å²) < 4.78 is 6.02. The van der Waals surface area contributed by atoms with Crippen molar-refractivity contribution in [1.29, 1.82) is 0 Å². The van der Waals surface area contributed by atoms with Crippen LogP contribution < -0.4 is 10.6 Å². The molecule has 1 heterocycles. The molecule has 0 aromatic carbocycles. The van der Waals surface area contributed by atoms with Crippen LogP contribution in [0.15, 0.2) is 4.99 Å². The quantitative estimate of drug-likeness (QED) is 0.309. The fourth-order valence-electron chi connectivity index (χ4n) is 3.86. The SMILES string of the molecule is CCCN1CCC(CNC(=NC)NCCOC2CCCCCC2)C1. The first-order valence-corrected chi connectivity index (χ1v) is 10.1. The van der Waals surface area contributed by atoms with E-state index in [0.29, 0.717) is 6.10 Å². The lowest BCUT2D eigenvalue weighted by Crippen LogP contribution is -2.41. The van der Waals surface area contributed by atoms with Gasteiger partial charge in [0.25, 0.3) is 0 Å². The number of hydrogen-bond donors (Lipinski definition) is 2. The zero-order valence-corrected chi connectivity index (χ0v) is 15.9. The normalized spacial score (nSPS) is 24.1. The second-order valence-electron chi connectivity index (χ2n) is 7.32. The summed E-state index contributed by atoms with van der Waals surface area (Å²) in [5, 5.41) is 6.86. The van der Waals surface area contributed by atoms with Crippen LogP contribution in [0.4, 0.5) is 0 Å². The Bertz CT molecular complexity index is 353. The average Bonchev–Trinajstić information content (AvgIpc) is 2.88. The highest BCUT2D eigenvalue weighted by Crippen LogP contribution is 2.19. The van der Waals surface area contributed by atoms with Gasteiger partial charge in [-0.1, -0.05) is 32.6 Å². The summed E-state index contributed by atoms with van der Waals surface area (Å²) in [5.74, 6) is 1.66. The lowest BCUT2D eigenvalue weighted by molar-refractivity contribution is 0.0468. The molecule has 2 aliphatic rings. The Hall–Kier alpha value is -0.810. The van der Waals surface area contributed by atoms with Crippen molar-refractivity contribution in [3.63, 3.8) is 0 Å². The van der Waals surface area contributed by atoms with Gasteiger partial charge in [-0.3, -0.25) is 4.99 Å². The second-order valence-corrected chi connectivity index (χ2v) is 7.32. The molecule has 5 heteroatoms. The number of hydrogen-bond acceptors (Lipinski definition) is 3. The molecule has 1 aliphatic carbocycles. The van der Waals surface area contributed by atoms with Crippen LogP contribution in [0, 0.1) is 5.92 Å². The lowest BCUT2D eigenvalue weighted by atomic mass is 10.1. The molecule has 2 fully saturated rings. The Morgan fingerprint density at radius 2 is 1.92 bits per heavy atom. The molecule has 0 aromatic rings. The van der Waals surface area contributed by atoms with E-state index in [0.717, 1.165) is 31.6 Å². The molecule has 140 valence electrons. The number of ether oxygens (including phenoxy) is 1. The fourth-order valence-corrected chi connectivity index (χ4v) is 3.86. The van der Waals surface area contributed by atoms with Crippen LogP contribution in [0.1, 0.15) is 58.3 Å². The minimum absolute atomic E-state index is 0.479. The topological polar surface area (TPSA) is 48.9 Å². The van der Waals surface area contributed by atoms with Crippen molar-refractivity contribution >= 4 is 5.96 Å². The number of likely N-dealkylation sites (tertiary alicyclic amines) is 1. The predicted molar refractivity (Wildman–Crippen MR) is 102 cm³/mol. The Morgan fingerprint density at radius 3 is 2.62 bits per heavy atom. The molecule has 2 rings (SSSR count). The van der Waals surface area contributed by atoms with E-state index in [2.05, 4.69) is 27.4 Å². The van der Waals surface area contributed by atoms with Crippen LogP contribution in [-0.2, 0) is 4.74 Å². The van der Waals surface area contributed by atoms with Crippen LogP contribution in [0.3, 0.4) is 0 Å². The van der Waals surface area contributed by atoms with Gasteiger partial charge < -0.3 is 20.3 Å². The smallest absolute Gasteiger partial charge is 0.191 e. The van der Waals surface area contributed by atoms with Crippen LogP contribution >= 0.6 is 0 Å². The van der Waals surface area contributed by atoms with Gasteiger partial charge in [0.15, 0.2) is 5.96 Å². The summed E-state index contributed by atoms with van der Waals surface area (Å²) in [5.41, 5.74) is 0. The first-order chi connectivity index (χ1) is 11.8. The number of rotatable bonds is 8. The van der Waals surface area contributed by atoms with Crippen LogP contribution in [0.5, 0.6) is 0 Å². The molecule has 0 spiro atoms. The maximum atomic E-state index is 6.02. The zero-order chi connectivity index (χ0) is 17.0. The molecule has 1 saturated heterocycles. The molecule has 0 bridgehead atoms.